The number of hydrogen-bond acceptors (Lipinski definition) is 5. The first-order chi connectivity index (χ1) is 11.8. The molecule has 1 heterocycles. The second-order valence-electron chi connectivity index (χ2n) is 7.08. The largest absolute Gasteiger partial charge is 0.357 e. The van der Waals surface area contributed by atoms with E-state index >= 15 is 0 Å². The summed E-state index contributed by atoms with van der Waals surface area (Å²) in [6.45, 7) is 11.4. The van der Waals surface area contributed by atoms with Crippen LogP contribution in [0.3, 0.4) is 0 Å². The van der Waals surface area contributed by atoms with Crippen molar-refractivity contribution in [3.05, 3.63) is 0 Å². The van der Waals surface area contributed by atoms with Gasteiger partial charge in [-0.15, -0.1) is 24.0 Å². The average Bonchev–Trinajstić information content (AvgIpc) is 2.54. The van der Waals surface area contributed by atoms with Gasteiger partial charge < -0.3 is 20.4 Å². The van der Waals surface area contributed by atoms with E-state index in [0.717, 1.165) is 51.5 Å². The molecule has 0 aromatic heterocycles. The van der Waals surface area contributed by atoms with Crippen molar-refractivity contribution >= 4 is 39.8 Å². The van der Waals surface area contributed by atoms with Crippen molar-refractivity contribution in [3.8, 4) is 0 Å². The molecule has 1 fully saturated rings. The Hall–Kier alpha value is -0.130. The molecule has 1 aliphatic heterocycles. The molecule has 2 N–H and O–H groups in total. The smallest absolute Gasteiger partial charge is 0.191 e. The molecule has 1 saturated heterocycles. The molecule has 156 valence electrons. The number of nitrogens with one attached hydrogen (secondary N) is 2. The molecule has 0 spiro atoms. The zero-order valence-corrected chi connectivity index (χ0v) is 20.0. The van der Waals surface area contributed by atoms with Gasteiger partial charge in [-0.1, -0.05) is 0 Å². The Balaban J connectivity index is 0.00000625. The number of likely N-dealkylation sites (N-methyl/N-ethyl adjacent to an activating group) is 1. The van der Waals surface area contributed by atoms with E-state index in [2.05, 4.69) is 32.5 Å². The SMILES string of the molecule is CCNC(=NCCCCN1CCN(C)CC1)NC(C)CCS(C)(=O)=O.I. The zero-order valence-electron chi connectivity index (χ0n) is 16.8. The molecular weight excluding hydrogens is 465 g/mol. The minimum absolute atomic E-state index is 0. The van der Waals surface area contributed by atoms with Crippen LogP contribution in [0, 0.1) is 0 Å². The summed E-state index contributed by atoms with van der Waals surface area (Å²) in [6.07, 6.45) is 4.10. The Labute approximate surface area is 177 Å². The Kier molecular flexibility index (Phi) is 13.9. The number of hydrogen-bond donors (Lipinski definition) is 2. The van der Waals surface area contributed by atoms with Crippen LogP contribution in [-0.4, -0.2) is 95.1 Å². The molecule has 1 unspecified atom stereocenters. The van der Waals surface area contributed by atoms with Crippen molar-refractivity contribution in [1.82, 2.24) is 20.4 Å². The lowest BCUT2D eigenvalue weighted by Gasteiger charge is -2.32. The fourth-order valence-corrected chi connectivity index (χ4v) is 3.51. The van der Waals surface area contributed by atoms with Crippen LogP contribution in [0.15, 0.2) is 4.99 Å². The normalized spacial score (nSPS) is 18.2. The summed E-state index contributed by atoms with van der Waals surface area (Å²) >= 11 is 0. The van der Waals surface area contributed by atoms with E-state index in [4.69, 9.17) is 0 Å². The summed E-state index contributed by atoms with van der Waals surface area (Å²) in [5, 5.41) is 6.52. The average molecular weight is 503 g/mol. The van der Waals surface area contributed by atoms with E-state index in [0.29, 0.717) is 6.42 Å². The summed E-state index contributed by atoms with van der Waals surface area (Å²) in [4.78, 5) is 9.51. The maximum atomic E-state index is 11.3. The van der Waals surface area contributed by atoms with Crippen LogP contribution in [-0.2, 0) is 9.84 Å². The maximum Gasteiger partial charge on any atom is 0.191 e. The summed E-state index contributed by atoms with van der Waals surface area (Å²) in [5.74, 6) is 0.981. The number of halogens is 1. The van der Waals surface area contributed by atoms with Gasteiger partial charge in [-0.25, -0.2) is 8.42 Å². The van der Waals surface area contributed by atoms with Crippen LogP contribution < -0.4 is 10.6 Å². The van der Waals surface area contributed by atoms with Crippen molar-refractivity contribution < 1.29 is 8.42 Å². The first-order valence-corrected chi connectivity index (χ1v) is 11.5. The summed E-state index contributed by atoms with van der Waals surface area (Å²) in [5.41, 5.74) is 0. The van der Waals surface area contributed by atoms with Gasteiger partial charge in [0.15, 0.2) is 5.96 Å². The molecule has 0 bridgehead atoms. The van der Waals surface area contributed by atoms with Crippen LogP contribution in [0.25, 0.3) is 0 Å². The third-order valence-electron chi connectivity index (χ3n) is 4.40. The van der Waals surface area contributed by atoms with Crippen LogP contribution in [0.4, 0.5) is 0 Å². The maximum absolute atomic E-state index is 11.3. The minimum Gasteiger partial charge on any atom is -0.357 e. The molecule has 1 aliphatic rings. The molecule has 26 heavy (non-hydrogen) atoms. The number of sulfone groups is 1. The van der Waals surface area contributed by atoms with Gasteiger partial charge >= 0.3 is 0 Å². The second kappa shape index (κ2) is 14.0. The van der Waals surface area contributed by atoms with E-state index in [1.54, 1.807) is 0 Å². The van der Waals surface area contributed by atoms with Crippen molar-refractivity contribution in [3.63, 3.8) is 0 Å². The van der Waals surface area contributed by atoms with E-state index in [1.165, 1.54) is 19.3 Å². The van der Waals surface area contributed by atoms with Gasteiger partial charge in [-0.05, 0) is 46.7 Å². The molecular formula is C17H38IN5O2S. The molecule has 0 amide bonds. The van der Waals surface area contributed by atoms with Crippen molar-refractivity contribution in [2.75, 3.05) is 64.9 Å². The fraction of sp³-hybridized carbons (Fsp3) is 0.941. The van der Waals surface area contributed by atoms with Gasteiger partial charge in [0.1, 0.15) is 9.84 Å². The first-order valence-electron chi connectivity index (χ1n) is 9.43. The Morgan fingerprint density at radius 3 is 2.42 bits per heavy atom. The van der Waals surface area contributed by atoms with E-state index < -0.39 is 9.84 Å². The molecule has 0 aliphatic carbocycles. The quantitative estimate of drug-likeness (QED) is 0.201. The summed E-state index contributed by atoms with van der Waals surface area (Å²) in [7, 11) is -0.735. The van der Waals surface area contributed by atoms with E-state index in [9.17, 15) is 8.42 Å². The molecule has 1 atom stereocenters. The molecule has 7 nitrogen and oxygen atoms in total. The molecule has 0 aromatic carbocycles. The predicted molar refractivity (Wildman–Crippen MR) is 121 cm³/mol. The highest BCUT2D eigenvalue weighted by Crippen LogP contribution is 2.02. The van der Waals surface area contributed by atoms with Crippen LogP contribution >= 0.6 is 24.0 Å². The van der Waals surface area contributed by atoms with Gasteiger partial charge in [0.05, 0.1) is 5.75 Å². The number of guanidine groups is 1. The lowest BCUT2D eigenvalue weighted by atomic mass is 10.2. The Morgan fingerprint density at radius 1 is 1.19 bits per heavy atom. The topological polar surface area (TPSA) is 77.0 Å². The number of rotatable bonds is 10. The van der Waals surface area contributed by atoms with Gasteiger partial charge in [-0.2, -0.15) is 0 Å². The number of aliphatic imine (C=N–C) groups is 1. The summed E-state index contributed by atoms with van der Waals surface area (Å²) < 4.78 is 22.5. The number of nitrogens with zero attached hydrogens (tertiary/aromatic N) is 3. The predicted octanol–water partition coefficient (Wildman–Crippen LogP) is 1.01. The molecule has 0 saturated carbocycles. The molecule has 1 rings (SSSR count). The van der Waals surface area contributed by atoms with Gasteiger partial charge in [0.2, 0.25) is 0 Å². The Morgan fingerprint density at radius 2 is 1.85 bits per heavy atom. The van der Waals surface area contributed by atoms with Crippen LogP contribution in [0.1, 0.15) is 33.1 Å². The zero-order chi connectivity index (χ0) is 18.7. The number of unbranched alkanes of at least 4 members (excludes halogenated alkanes) is 1. The van der Waals surface area contributed by atoms with Crippen LogP contribution in [0.5, 0.6) is 0 Å². The fourth-order valence-electron chi connectivity index (χ4n) is 2.73. The van der Waals surface area contributed by atoms with E-state index in [1.807, 2.05) is 13.8 Å². The van der Waals surface area contributed by atoms with Crippen molar-refractivity contribution in [2.24, 2.45) is 4.99 Å². The third-order valence-corrected chi connectivity index (χ3v) is 5.37. The summed E-state index contributed by atoms with van der Waals surface area (Å²) in [6, 6.07) is 0.0814. The highest BCUT2D eigenvalue weighted by atomic mass is 127. The lowest BCUT2D eigenvalue weighted by Crippen LogP contribution is -2.44. The molecule has 0 aromatic rings. The first kappa shape index (κ1) is 25.9. The van der Waals surface area contributed by atoms with Crippen LogP contribution in [0.2, 0.25) is 0 Å². The van der Waals surface area contributed by atoms with Gasteiger partial charge in [-0.3, -0.25) is 4.99 Å². The van der Waals surface area contributed by atoms with E-state index in [-0.39, 0.29) is 35.8 Å². The minimum atomic E-state index is -2.91. The van der Waals surface area contributed by atoms with Crippen molar-refractivity contribution in [1.29, 1.82) is 0 Å². The standard InChI is InChI=1S/C17H37N5O2S.HI/c1-5-18-17(20-16(2)8-15-25(4,23)24)19-9-6-7-10-22-13-11-21(3)12-14-22;/h16H,5-15H2,1-4H3,(H2,18,19,20);1H. The van der Waals surface area contributed by atoms with Crippen molar-refractivity contribution in [2.45, 2.75) is 39.2 Å². The lowest BCUT2D eigenvalue weighted by molar-refractivity contribution is 0.152. The monoisotopic (exact) mass is 503 g/mol. The Bertz CT molecular complexity index is 493. The molecule has 0 radical (unpaired) electrons. The van der Waals surface area contributed by atoms with Gasteiger partial charge in [0, 0.05) is 51.6 Å². The highest BCUT2D eigenvalue weighted by molar-refractivity contribution is 14.0. The number of piperazine rings is 1. The third kappa shape index (κ3) is 13.1. The second-order valence-corrected chi connectivity index (χ2v) is 9.34. The molecule has 9 heteroatoms. The van der Waals surface area contributed by atoms with Gasteiger partial charge in [0.25, 0.3) is 0 Å². The highest BCUT2D eigenvalue weighted by Gasteiger charge is 2.13.